The molecule has 0 saturated carbocycles. The number of carboxylic acid groups (broad SMARTS) is 1. The highest BCUT2D eigenvalue weighted by Crippen LogP contribution is 2.20. The van der Waals surface area contributed by atoms with Gasteiger partial charge in [0.15, 0.2) is 0 Å². The number of carbonyl (C=O) groups excluding carboxylic acids is 1. The molecule has 1 saturated heterocycles. The Bertz CT molecular complexity index is 277. The maximum Gasteiger partial charge on any atom is 0.326 e. The molecule has 0 aromatic rings. The van der Waals surface area contributed by atoms with Crippen LogP contribution in [0.2, 0.25) is 0 Å². The maximum atomic E-state index is 11.8. The molecule has 0 aliphatic carbocycles. The van der Waals surface area contributed by atoms with Crippen molar-refractivity contribution in [2.75, 3.05) is 6.54 Å². The Morgan fingerprint density at radius 2 is 2.06 bits per heavy atom. The lowest BCUT2D eigenvalue weighted by atomic mass is 9.86. The Hall–Kier alpha value is -1.10. The summed E-state index contributed by atoms with van der Waals surface area (Å²) < 4.78 is 0. The molecule has 1 amide bonds. The Morgan fingerprint density at radius 3 is 2.44 bits per heavy atom. The second-order valence-electron chi connectivity index (χ2n) is 5.29. The first-order valence-corrected chi connectivity index (χ1v) is 5.59. The van der Waals surface area contributed by atoms with Crippen LogP contribution in [0, 0.1) is 5.41 Å². The smallest absolute Gasteiger partial charge is 0.326 e. The highest BCUT2D eigenvalue weighted by molar-refractivity contribution is 5.87. The van der Waals surface area contributed by atoms with Crippen LogP contribution < -0.4 is 10.6 Å². The van der Waals surface area contributed by atoms with Crippen molar-refractivity contribution in [1.82, 2.24) is 10.6 Å². The van der Waals surface area contributed by atoms with Gasteiger partial charge in [-0.25, -0.2) is 4.79 Å². The molecule has 0 bridgehead atoms. The number of nitrogens with one attached hydrogen (secondary N) is 2. The van der Waals surface area contributed by atoms with E-state index in [0.29, 0.717) is 0 Å². The van der Waals surface area contributed by atoms with E-state index in [1.807, 2.05) is 0 Å². The molecule has 2 atom stereocenters. The molecule has 0 spiro atoms. The number of hydrogen-bond donors (Lipinski definition) is 3. The SMILES string of the molecule is CC(C)(C)C(NC(=O)[C@@H]1CCCN1)C(=O)O. The molecule has 1 heterocycles. The van der Waals surface area contributed by atoms with Crippen molar-refractivity contribution in [1.29, 1.82) is 0 Å². The number of hydrogen-bond acceptors (Lipinski definition) is 3. The van der Waals surface area contributed by atoms with Crippen LogP contribution in [-0.4, -0.2) is 35.6 Å². The highest BCUT2D eigenvalue weighted by Gasteiger charge is 2.34. The van der Waals surface area contributed by atoms with Crippen LogP contribution in [0.4, 0.5) is 0 Å². The predicted molar refractivity (Wildman–Crippen MR) is 60.0 cm³/mol. The van der Waals surface area contributed by atoms with Crippen molar-refractivity contribution in [3.05, 3.63) is 0 Å². The zero-order chi connectivity index (χ0) is 12.3. The van der Waals surface area contributed by atoms with Crippen LogP contribution in [0.1, 0.15) is 33.6 Å². The van der Waals surface area contributed by atoms with Gasteiger partial charge >= 0.3 is 5.97 Å². The standard InChI is InChI=1S/C11H20N2O3/c1-11(2,3)8(10(15)16)13-9(14)7-5-4-6-12-7/h7-8,12H,4-6H2,1-3H3,(H,13,14)(H,15,16)/t7-,8?/m0/s1. The van der Waals surface area contributed by atoms with Crippen LogP contribution in [0.5, 0.6) is 0 Å². The molecule has 1 rings (SSSR count). The molecular weight excluding hydrogens is 208 g/mol. The van der Waals surface area contributed by atoms with E-state index in [0.717, 1.165) is 19.4 Å². The summed E-state index contributed by atoms with van der Waals surface area (Å²) in [5, 5.41) is 14.7. The van der Waals surface area contributed by atoms with E-state index in [1.54, 1.807) is 20.8 Å². The van der Waals surface area contributed by atoms with Crippen LogP contribution in [0.15, 0.2) is 0 Å². The van der Waals surface area contributed by atoms with E-state index in [9.17, 15) is 9.59 Å². The zero-order valence-electron chi connectivity index (χ0n) is 10.0. The average molecular weight is 228 g/mol. The molecule has 0 aromatic heterocycles. The molecule has 1 unspecified atom stereocenters. The lowest BCUT2D eigenvalue weighted by Crippen LogP contribution is -2.53. The first-order chi connectivity index (χ1) is 7.32. The van der Waals surface area contributed by atoms with Gasteiger partial charge in [-0.05, 0) is 24.8 Å². The summed E-state index contributed by atoms with van der Waals surface area (Å²) in [5.41, 5.74) is -0.486. The predicted octanol–water partition coefficient (Wildman–Crippen LogP) is 0.354. The van der Waals surface area contributed by atoms with Gasteiger partial charge < -0.3 is 15.7 Å². The monoisotopic (exact) mass is 228 g/mol. The minimum absolute atomic E-state index is 0.208. The van der Waals surface area contributed by atoms with Crippen LogP contribution in [-0.2, 0) is 9.59 Å². The largest absolute Gasteiger partial charge is 0.480 e. The topological polar surface area (TPSA) is 78.4 Å². The maximum absolute atomic E-state index is 11.8. The Balaban J connectivity index is 2.61. The van der Waals surface area contributed by atoms with E-state index < -0.39 is 17.4 Å². The fourth-order valence-electron chi connectivity index (χ4n) is 1.80. The lowest BCUT2D eigenvalue weighted by Gasteiger charge is -2.28. The van der Waals surface area contributed by atoms with E-state index >= 15 is 0 Å². The molecule has 1 fully saturated rings. The summed E-state index contributed by atoms with van der Waals surface area (Å²) in [7, 11) is 0. The molecule has 1 aliphatic rings. The summed E-state index contributed by atoms with van der Waals surface area (Å²) >= 11 is 0. The summed E-state index contributed by atoms with van der Waals surface area (Å²) in [4.78, 5) is 22.8. The van der Waals surface area contributed by atoms with Gasteiger partial charge in [0.05, 0.1) is 6.04 Å². The van der Waals surface area contributed by atoms with Crippen molar-refractivity contribution in [3.8, 4) is 0 Å². The summed E-state index contributed by atoms with van der Waals surface area (Å²) in [6.45, 7) is 6.22. The first kappa shape index (κ1) is 13.0. The molecule has 16 heavy (non-hydrogen) atoms. The van der Waals surface area contributed by atoms with Gasteiger partial charge in [-0.1, -0.05) is 20.8 Å². The second-order valence-corrected chi connectivity index (χ2v) is 5.29. The van der Waals surface area contributed by atoms with Crippen molar-refractivity contribution in [3.63, 3.8) is 0 Å². The average Bonchev–Trinajstić information content (AvgIpc) is 2.63. The molecule has 1 aliphatic heterocycles. The van der Waals surface area contributed by atoms with Crippen molar-refractivity contribution in [2.24, 2.45) is 5.41 Å². The van der Waals surface area contributed by atoms with E-state index in [4.69, 9.17) is 5.11 Å². The van der Waals surface area contributed by atoms with Crippen molar-refractivity contribution >= 4 is 11.9 Å². The van der Waals surface area contributed by atoms with Crippen molar-refractivity contribution < 1.29 is 14.7 Å². The minimum atomic E-state index is -0.987. The summed E-state index contributed by atoms with van der Waals surface area (Å²) in [6.07, 6.45) is 1.74. The summed E-state index contributed by atoms with van der Waals surface area (Å²) in [6, 6.07) is -1.08. The molecule has 5 nitrogen and oxygen atoms in total. The van der Waals surface area contributed by atoms with Gasteiger partial charge in [-0.15, -0.1) is 0 Å². The Morgan fingerprint density at radius 1 is 1.44 bits per heavy atom. The summed E-state index contributed by atoms with van der Waals surface area (Å²) in [5.74, 6) is -1.20. The Kier molecular flexibility index (Phi) is 3.91. The third kappa shape index (κ3) is 3.20. The Labute approximate surface area is 95.6 Å². The van der Waals surface area contributed by atoms with Crippen molar-refractivity contribution in [2.45, 2.75) is 45.7 Å². The number of rotatable bonds is 3. The van der Waals surface area contributed by atoms with Gasteiger partial charge in [0.2, 0.25) is 5.91 Å². The number of carbonyl (C=O) groups is 2. The molecule has 5 heteroatoms. The fraction of sp³-hybridized carbons (Fsp3) is 0.818. The first-order valence-electron chi connectivity index (χ1n) is 5.59. The van der Waals surface area contributed by atoms with Gasteiger partial charge in [0, 0.05) is 0 Å². The third-order valence-corrected chi connectivity index (χ3v) is 2.78. The van der Waals surface area contributed by atoms with Gasteiger partial charge in [0.1, 0.15) is 6.04 Å². The van der Waals surface area contributed by atoms with Crippen LogP contribution in [0.3, 0.4) is 0 Å². The van der Waals surface area contributed by atoms with E-state index in [-0.39, 0.29) is 11.9 Å². The van der Waals surface area contributed by atoms with Gasteiger partial charge in [-0.3, -0.25) is 4.79 Å². The quantitative estimate of drug-likeness (QED) is 0.651. The molecular formula is C11H20N2O3. The lowest BCUT2D eigenvalue weighted by molar-refractivity contribution is -0.145. The van der Waals surface area contributed by atoms with Gasteiger partial charge in [-0.2, -0.15) is 0 Å². The number of amides is 1. The van der Waals surface area contributed by atoms with Crippen LogP contribution in [0.25, 0.3) is 0 Å². The second kappa shape index (κ2) is 4.82. The molecule has 92 valence electrons. The van der Waals surface area contributed by atoms with Crippen LogP contribution >= 0.6 is 0 Å². The fourth-order valence-corrected chi connectivity index (χ4v) is 1.80. The molecule has 0 radical (unpaired) electrons. The number of carboxylic acids is 1. The minimum Gasteiger partial charge on any atom is -0.480 e. The normalized spacial score (nSPS) is 22.8. The van der Waals surface area contributed by atoms with Gasteiger partial charge in [0.25, 0.3) is 0 Å². The molecule has 0 aromatic carbocycles. The third-order valence-electron chi connectivity index (χ3n) is 2.78. The number of aliphatic carboxylic acids is 1. The van der Waals surface area contributed by atoms with E-state index in [2.05, 4.69) is 10.6 Å². The molecule has 3 N–H and O–H groups in total. The van der Waals surface area contributed by atoms with E-state index in [1.165, 1.54) is 0 Å². The zero-order valence-corrected chi connectivity index (χ0v) is 10.0. The highest BCUT2D eigenvalue weighted by atomic mass is 16.4.